The number of hydrogen-bond donors (Lipinski definition) is 1. The summed E-state index contributed by atoms with van der Waals surface area (Å²) in [6.07, 6.45) is 4.93. The smallest absolute Gasteiger partial charge is 0.209 e. The molecule has 0 aromatic heterocycles. The number of sulfonamides is 1. The molecule has 1 N–H and O–H groups in total. The van der Waals surface area contributed by atoms with Crippen LogP contribution in [0.1, 0.15) is 0 Å². The highest BCUT2D eigenvalue weighted by Crippen LogP contribution is 2.03. The summed E-state index contributed by atoms with van der Waals surface area (Å²) in [7, 11) is -4.69. The third-order valence-electron chi connectivity index (χ3n) is 1.02. The number of terminal acetylenes is 1. The molecular weight excluding hydrogens is 190 g/mol. The first-order valence-corrected chi connectivity index (χ1v) is 9.03. The van der Waals surface area contributed by atoms with E-state index >= 15 is 0 Å². The van der Waals surface area contributed by atoms with Gasteiger partial charge in [0.2, 0.25) is 10.0 Å². The third-order valence-corrected chi connectivity index (χ3v) is 6.59. The molecule has 70 valence electrons. The van der Waals surface area contributed by atoms with Crippen molar-refractivity contribution < 1.29 is 8.42 Å². The Morgan fingerprint density at radius 2 is 1.92 bits per heavy atom. The largest absolute Gasteiger partial charge is 0.213 e. The van der Waals surface area contributed by atoms with Gasteiger partial charge >= 0.3 is 0 Å². The van der Waals surface area contributed by atoms with E-state index in [0.29, 0.717) is 0 Å². The van der Waals surface area contributed by atoms with Crippen molar-refractivity contribution >= 4 is 18.1 Å². The van der Waals surface area contributed by atoms with E-state index in [2.05, 4.69) is 10.6 Å². The van der Waals surface area contributed by atoms with Crippen LogP contribution in [0.15, 0.2) is 0 Å². The molecular formula is C7H15NO2SSi. The van der Waals surface area contributed by atoms with Crippen LogP contribution in [0, 0.1) is 12.3 Å². The minimum atomic E-state index is -3.13. The molecule has 0 amide bonds. The van der Waals surface area contributed by atoms with Gasteiger partial charge in [0.1, 0.15) is 0 Å². The summed E-state index contributed by atoms with van der Waals surface area (Å²) in [4.78, 5) is 0. The Morgan fingerprint density at radius 3 is 2.25 bits per heavy atom. The summed E-state index contributed by atoms with van der Waals surface area (Å²) >= 11 is 0. The van der Waals surface area contributed by atoms with Crippen molar-refractivity contribution in [2.75, 3.05) is 11.9 Å². The van der Waals surface area contributed by atoms with E-state index in [-0.39, 0.29) is 11.9 Å². The molecule has 0 unspecified atom stereocenters. The summed E-state index contributed by atoms with van der Waals surface area (Å²) in [5, 5.41) is 0.238. The van der Waals surface area contributed by atoms with Crippen LogP contribution >= 0.6 is 0 Å². The number of nitrogens with one attached hydrogen (secondary N) is 1. The Kier molecular flexibility index (Phi) is 3.97. The average Bonchev–Trinajstić information content (AvgIpc) is 1.78. The molecule has 0 fully saturated rings. The van der Waals surface area contributed by atoms with Gasteiger partial charge in [-0.25, -0.2) is 13.1 Å². The summed E-state index contributed by atoms with van der Waals surface area (Å²) in [5.41, 5.74) is 0. The third kappa shape index (κ3) is 6.40. The molecule has 0 rings (SSSR count). The zero-order valence-corrected chi connectivity index (χ0v) is 9.53. The van der Waals surface area contributed by atoms with Crippen molar-refractivity contribution in [3.05, 3.63) is 0 Å². The van der Waals surface area contributed by atoms with Gasteiger partial charge < -0.3 is 0 Å². The Balaban J connectivity index is 4.18. The van der Waals surface area contributed by atoms with Gasteiger partial charge in [-0.2, -0.15) is 0 Å². The van der Waals surface area contributed by atoms with E-state index in [1.807, 2.05) is 19.6 Å². The zero-order chi connectivity index (χ0) is 9.83. The van der Waals surface area contributed by atoms with E-state index in [0.717, 1.165) is 0 Å². The summed E-state index contributed by atoms with van der Waals surface area (Å²) in [6.45, 7) is 6.10. The summed E-state index contributed by atoms with van der Waals surface area (Å²) in [5.74, 6) is 2.23. The van der Waals surface area contributed by atoms with Gasteiger partial charge in [0.25, 0.3) is 0 Å². The highest BCUT2D eigenvalue weighted by atomic mass is 32.2. The minimum Gasteiger partial charge on any atom is -0.213 e. The maximum Gasteiger partial charge on any atom is 0.209 e. The molecule has 0 aromatic rings. The molecule has 0 bridgehead atoms. The SMILES string of the molecule is C#CCNS(=O)(=O)C[Si](C)(C)C. The monoisotopic (exact) mass is 205 g/mol. The molecule has 0 aromatic carbocycles. The Morgan fingerprint density at radius 1 is 1.42 bits per heavy atom. The van der Waals surface area contributed by atoms with Crippen molar-refractivity contribution in [3.8, 4) is 12.3 Å². The van der Waals surface area contributed by atoms with E-state index in [4.69, 9.17) is 6.42 Å². The molecule has 0 aliphatic rings. The number of rotatable bonds is 4. The van der Waals surface area contributed by atoms with Crippen LogP contribution < -0.4 is 4.72 Å². The second-order valence-electron chi connectivity index (χ2n) is 3.84. The fourth-order valence-electron chi connectivity index (χ4n) is 0.773. The molecule has 3 nitrogen and oxygen atoms in total. The summed E-state index contributed by atoms with van der Waals surface area (Å²) in [6, 6.07) is 0. The maximum absolute atomic E-state index is 11.2. The van der Waals surface area contributed by atoms with Crippen LogP contribution in [0.4, 0.5) is 0 Å². The van der Waals surface area contributed by atoms with Gasteiger partial charge in [-0.15, -0.1) is 6.42 Å². The van der Waals surface area contributed by atoms with Crippen molar-refractivity contribution in [2.24, 2.45) is 0 Å². The number of hydrogen-bond acceptors (Lipinski definition) is 2. The molecule has 0 saturated carbocycles. The Labute approximate surface area is 75.6 Å². The van der Waals surface area contributed by atoms with Gasteiger partial charge in [-0.3, -0.25) is 0 Å². The molecule has 0 atom stereocenters. The van der Waals surface area contributed by atoms with Crippen LogP contribution in [0.2, 0.25) is 19.6 Å². The molecule has 0 heterocycles. The standard InChI is InChI=1S/C7H15NO2SSi/c1-5-6-8-11(9,10)7-12(2,3)4/h1,8H,6-7H2,2-4H3. The van der Waals surface area contributed by atoms with Crippen molar-refractivity contribution in [1.29, 1.82) is 0 Å². The lowest BCUT2D eigenvalue weighted by atomic mass is 10.7. The quantitative estimate of drug-likeness (QED) is 0.534. The molecule has 0 aliphatic carbocycles. The van der Waals surface area contributed by atoms with Crippen LogP contribution in [0.5, 0.6) is 0 Å². The first kappa shape index (κ1) is 11.7. The highest BCUT2D eigenvalue weighted by Gasteiger charge is 2.22. The van der Waals surface area contributed by atoms with E-state index in [1.54, 1.807) is 0 Å². The van der Waals surface area contributed by atoms with Crippen LogP contribution in [0.3, 0.4) is 0 Å². The summed E-state index contributed by atoms with van der Waals surface area (Å²) < 4.78 is 24.8. The lowest BCUT2D eigenvalue weighted by molar-refractivity contribution is 0.590. The maximum atomic E-state index is 11.2. The fraction of sp³-hybridized carbons (Fsp3) is 0.714. The van der Waals surface area contributed by atoms with Crippen LogP contribution in [-0.4, -0.2) is 28.4 Å². The molecule has 12 heavy (non-hydrogen) atoms. The van der Waals surface area contributed by atoms with E-state index < -0.39 is 18.1 Å². The topological polar surface area (TPSA) is 46.2 Å². The first-order chi connectivity index (χ1) is 5.27. The molecule has 0 aliphatic heterocycles. The van der Waals surface area contributed by atoms with Gasteiger partial charge in [-0.1, -0.05) is 25.6 Å². The minimum absolute atomic E-state index is 0.0901. The predicted molar refractivity (Wildman–Crippen MR) is 54.0 cm³/mol. The van der Waals surface area contributed by atoms with Gasteiger partial charge in [0.05, 0.1) is 20.0 Å². The molecule has 5 heteroatoms. The molecule has 0 spiro atoms. The van der Waals surface area contributed by atoms with Crippen molar-refractivity contribution in [3.63, 3.8) is 0 Å². The zero-order valence-electron chi connectivity index (χ0n) is 7.72. The molecule has 0 radical (unpaired) electrons. The lowest BCUT2D eigenvalue weighted by Gasteiger charge is -2.15. The second-order valence-corrected chi connectivity index (χ2v) is 11.6. The fourth-order valence-corrected chi connectivity index (χ4v) is 6.04. The van der Waals surface area contributed by atoms with Crippen LogP contribution in [0.25, 0.3) is 0 Å². The second kappa shape index (κ2) is 4.08. The highest BCUT2D eigenvalue weighted by molar-refractivity contribution is 7.91. The Bertz CT molecular complexity index is 271. The Hall–Kier alpha value is -0.313. The van der Waals surface area contributed by atoms with Gasteiger partial charge in [0.15, 0.2) is 0 Å². The van der Waals surface area contributed by atoms with Gasteiger partial charge in [0, 0.05) is 0 Å². The first-order valence-electron chi connectivity index (χ1n) is 3.68. The normalized spacial score (nSPS) is 12.5. The van der Waals surface area contributed by atoms with Crippen LogP contribution in [-0.2, 0) is 10.0 Å². The van der Waals surface area contributed by atoms with Crippen molar-refractivity contribution in [2.45, 2.75) is 19.6 Å². The van der Waals surface area contributed by atoms with E-state index in [9.17, 15) is 8.42 Å². The van der Waals surface area contributed by atoms with E-state index in [1.165, 1.54) is 0 Å². The predicted octanol–water partition coefficient (Wildman–Crippen LogP) is 0.416. The molecule has 0 saturated heterocycles. The lowest BCUT2D eigenvalue weighted by Crippen LogP contribution is -2.39. The average molecular weight is 205 g/mol. The van der Waals surface area contributed by atoms with Gasteiger partial charge in [-0.05, 0) is 0 Å². The van der Waals surface area contributed by atoms with Crippen molar-refractivity contribution in [1.82, 2.24) is 4.72 Å².